The predicted octanol–water partition coefficient (Wildman–Crippen LogP) is 4.40. The lowest BCUT2D eigenvalue weighted by Crippen LogP contribution is -2.27. The Morgan fingerprint density at radius 1 is 1.11 bits per heavy atom. The van der Waals surface area contributed by atoms with Gasteiger partial charge in [-0.3, -0.25) is 19.4 Å². The van der Waals surface area contributed by atoms with E-state index in [1.54, 1.807) is 32.2 Å². The zero-order valence-corrected chi connectivity index (χ0v) is 23.8. The highest BCUT2D eigenvalue weighted by Gasteiger charge is 2.32. The highest BCUT2D eigenvalue weighted by Crippen LogP contribution is 2.27. The van der Waals surface area contributed by atoms with Crippen molar-refractivity contribution in [1.29, 1.82) is 0 Å². The van der Waals surface area contributed by atoms with Crippen LogP contribution < -0.4 is 16.2 Å². The van der Waals surface area contributed by atoms with Gasteiger partial charge < -0.3 is 15.2 Å². The number of nitrogens with one attached hydrogen (secondary N) is 2. The van der Waals surface area contributed by atoms with Gasteiger partial charge in [-0.05, 0) is 43.5 Å². The highest BCUT2D eigenvalue weighted by atomic mass is 19.4. The number of carbonyl (C=O) groups excluding carboxylic acids is 2. The predicted molar refractivity (Wildman–Crippen MR) is 151 cm³/mol. The number of alkyl halides is 4. The van der Waals surface area contributed by atoms with E-state index in [0.29, 0.717) is 17.7 Å². The first-order valence-corrected chi connectivity index (χ1v) is 13.3. The number of hydrogen-bond acceptors (Lipinski definition) is 6. The Labute approximate surface area is 248 Å². The highest BCUT2D eigenvalue weighted by molar-refractivity contribution is 5.95. The van der Waals surface area contributed by atoms with Crippen molar-refractivity contribution in [2.24, 2.45) is 0 Å². The zero-order valence-electron chi connectivity index (χ0n) is 23.8. The molecular formula is C29H30F5N7O3. The van der Waals surface area contributed by atoms with Gasteiger partial charge in [0.2, 0.25) is 18.1 Å². The average Bonchev–Trinajstić information content (AvgIpc) is 3.42. The van der Waals surface area contributed by atoms with Crippen LogP contribution in [0.2, 0.25) is 0 Å². The number of nitrogens with zero attached hydrogens (tertiary/aromatic N) is 5. The fourth-order valence-electron chi connectivity index (χ4n) is 3.87. The summed E-state index contributed by atoms with van der Waals surface area (Å²) in [4.78, 5) is 37.8. The smallest absolute Gasteiger partial charge is 0.355 e. The maximum absolute atomic E-state index is 14.5. The van der Waals surface area contributed by atoms with E-state index in [1.807, 2.05) is 18.2 Å². The second-order valence-corrected chi connectivity index (χ2v) is 9.68. The van der Waals surface area contributed by atoms with Crippen LogP contribution in [0.15, 0.2) is 71.9 Å². The van der Waals surface area contributed by atoms with Crippen molar-refractivity contribution in [2.75, 3.05) is 5.32 Å². The van der Waals surface area contributed by atoms with Gasteiger partial charge in [0.25, 0.3) is 5.56 Å². The van der Waals surface area contributed by atoms with Gasteiger partial charge in [-0.25, -0.2) is 9.07 Å². The van der Waals surface area contributed by atoms with Crippen LogP contribution in [-0.4, -0.2) is 43.0 Å². The number of carbonyl (C=O) groups is 2. The molecule has 0 fully saturated rings. The molecule has 2 atom stereocenters. The third-order valence-electron chi connectivity index (χ3n) is 6.28. The molecule has 2 unspecified atom stereocenters. The summed E-state index contributed by atoms with van der Waals surface area (Å²) in [6, 6.07) is 12.5. The van der Waals surface area contributed by atoms with Gasteiger partial charge in [0.15, 0.2) is 0 Å². The van der Waals surface area contributed by atoms with E-state index in [4.69, 9.17) is 0 Å². The molecule has 1 aromatic carbocycles. The second kappa shape index (κ2) is 15.5. The van der Waals surface area contributed by atoms with Gasteiger partial charge in [0.1, 0.15) is 11.9 Å². The van der Waals surface area contributed by atoms with Gasteiger partial charge in [-0.15, -0.1) is 5.10 Å². The van der Waals surface area contributed by atoms with E-state index >= 15 is 0 Å². The summed E-state index contributed by atoms with van der Waals surface area (Å²) in [6.07, 6.45) is -1.16. The Balaban J connectivity index is 0.000000317. The lowest BCUT2D eigenvalue weighted by atomic mass is 10.0. The molecule has 0 spiro atoms. The van der Waals surface area contributed by atoms with Crippen LogP contribution in [0.3, 0.4) is 0 Å². The van der Waals surface area contributed by atoms with Crippen LogP contribution in [-0.2, 0) is 35.4 Å². The van der Waals surface area contributed by atoms with Gasteiger partial charge in [0, 0.05) is 31.7 Å². The monoisotopic (exact) mass is 619 g/mol. The first-order chi connectivity index (χ1) is 20.9. The number of benzene rings is 1. The summed E-state index contributed by atoms with van der Waals surface area (Å²) in [5.41, 5.74) is -0.0691. The number of amides is 2. The van der Waals surface area contributed by atoms with Crippen LogP contribution in [0.5, 0.6) is 0 Å². The number of pyridine rings is 2. The molecule has 3 aromatic heterocycles. The summed E-state index contributed by atoms with van der Waals surface area (Å²) in [5, 5.41) is 12.3. The van der Waals surface area contributed by atoms with E-state index < -0.39 is 41.2 Å². The van der Waals surface area contributed by atoms with E-state index in [2.05, 4.69) is 25.9 Å². The first kappa shape index (κ1) is 33.6. The average molecular weight is 620 g/mol. The molecule has 0 aliphatic carbocycles. The van der Waals surface area contributed by atoms with Gasteiger partial charge in [-0.1, -0.05) is 41.6 Å². The number of rotatable bonds is 11. The standard InChI is InChI=1S/C21H23F2N5O2.C8H7F3N2O/c1-14-12-28(26-25-14)13-17(22)8-10-27-11-9-18(19(23)21(27)30)24-20(29)15(2)16-6-4-3-5-7-16;9-8(10,11)7-2-1-6(4-13-7)3-12-5-14/h3-7,9,11-12,15,17H,8,10,13H2,1-2H3,(H,24,29);1-2,4-5H,3H2,(H,12,14). The van der Waals surface area contributed by atoms with Gasteiger partial charge in [-0.2, -0.15) is 17.6 Å². The second-order valence-electron chi connectivity index (χ2n) is 9.68. The minimum atomic E-state index is -4.42. The molecule has 2 amide bonds. The largest absolute Gasteiger partial charge is 0.433 e. The molecule has 4 aromatic rings. The van der Waals surface area contributed by atoms with Crippen LogP contribution in [0.25, 0.3) is 0 Å². The molecule has 15 heteroatoms. The number of halogens is 5. The fourth-order valence-corrected chi connectivity index (χ4v) is 3.87. The quantitative estimate of drug-likeness (QED) is 0.190. The summed E-state index contributed by atoms with van der Waals surface area (Å²) >= 11 is 0. The van der Waals surface area contributed by atoms with Crippen molar-refractivity contribution in [3.05, 3.63) is 106 Å². The molecule has 3 heterocycles. The molecule has 44 heavy (non-hydrogen) atoms. The minimum Gasteiger partial charge on any atom is -0.355 e. The molecule has 0 saturated heterocycles. The van der Waals surface area contributed by atoms with Crippen molar-refractivity contribution in [1.82, 2.24) is 29.9 Å². The molecule has 0 radical (unpaired) electrons. The number of hydrogen-bond donors (Lipinski definition) is 2. The Kier molecular flexibility index (Phi) is 11.8. The lowest BCUT2D eigenvalue weighted by Gasteiger charge is -2.14. The van der Waals surface area contributed by atoms with Crippen molar-refractivity contribution < 1.29 is 31.5 Å². The normalized spacial score (nSPS) is 12.4. The van der Waals surface area contributed by atoms with Crippen LogP contribution >= 0.6 is 0 Å². The number of aromatic nitrogens is 5. The fraction of sp³-hybridized carbons (Fsp3) is 0.310. The Bertz CT molecular complexity index is 1570. The van der Waals surface area contributed by atoms with Crippen molar-refractivity contribution in [3.8, 4) is 0 Å². The summed E-state index contributed by atoms with van der Waals surface area (Å²) in [7, 11) is 0. The zero-order chi connectivity index (χ0) is 32.3. The summed E-state index contributed by atoms with van der Waals surface area (Å²) in [6.45, 7) is 3.62. The third kappa shape index (κ3) is 9.81. The van der Waals surface area contributed by atoms with Crippen molar-refractivity contribution >= 4 is 18.0 Å². The maximum atomic E-state index is 14.5. The third-order valence-corrected chi connectivity index (χ3v) is 6.28. The first-order valence-electron chi connectivity index (χ1n) is 13.3. The molecule has 234 valence electrons. The lowest BCUT2D eigenvalue weighted by molar-refractivity contribution is -0.141. The van der Waals surface area contributed by atoms with Crippen LogP contribution in [0.4, 0.5) is 27.6 Å². The Hall–Kier alpha value is -4.95. The van der Waals surface area contributed by atoms with E-state index in [9.17, 15) is 36.3 Å². The molecule has 2 N–H and O–H groups in total. The van der Waals surface area contributed by atoms with Gasteiger partial charge >= 0.3 is 6.18 Å². The Morgan fingerprint density at radius 3 is 2.43 bits per heavy atom. The minimum absolute atomic E-state index is 0.000750. The van der Waals surface area contributed by atoms with E-state index in [1.165, 1.54) is 23.0 Å². The van der Waals surface area contributed by atoms with Crippen LogP contribution in [0.1, 0.15) is 41.8 Å². The molecule has 10 nitrogen and oxygen atoms in total. The molecule has 0 aliphatic heterocycles. The van der Waals surface area contributed by atoms with E-state index in [-0.39, 0.29) is 31.7 Å². The molecule has 0 bridgehead atoms. The maximum Gasteiger partial charge on any atom is 0.433 e. The number of anilines is 1. The van der Waals surface area contributed by atoms with Crippen molar-refractivity contribution in [2.45, 2.75) is 58.2 Å². The molecule has 0 saturated carbocycles. The van der Waals surface area contributed by atoms with Crippen molar-refractivity contribution in [3.63, 3.8) is 0 Å². The summed E-state index contributed by atoms with van der Waals surface area (Å²) in [5.74, 6) is -2.02. The van der Waals surface area contributed by atoms with E-state index in [0.717, 1.165) is 22.4 Å². The van der Waals surface area contributed by atoms with Crippen LogP contribution in [0, 0.1) is 12.7 Å². The van der Waals surface area contributed by atoms with Gasteiger partial charge in [0.05, 0.1) is 23.8 Å². The SMILES string of the molecule is Cc1cn(CC(F)CCn2ccc(NC(=O)C(C)c3ccccc3)c(F)c2=O)nn1.O=CNCc1ccc(C(F)(F)F)nc1. The number of aryl methyl sites for hydroxylation is 2. The molecule has 4 rings (SSSR count). The summed E-state index contributed by atoms with van der Waals surface area (Å²) < 4.78 is 67.2. The molecular weight excluding hydrogens is 589 g/mol. The molecule has 0 aliphatic rings. The Morgan fingerprint density at radius 2 is 1.84 bits per heavy atom. The topological polar surface area (TPSA) is 124 Å².